The molecule has 1 aromatic carbocycles. The zero-order valence-corrected chi connectivity index (χ0v) is 12.0. The Morgan fingerprint density at radius 1 is 1.40 bits per heavy atom. The van der Waals surface area contributed by atoms with Crippen molar-refractivity contribution < 1.29 is 4.92 Å². The van der Waals surface area contributed by atoms with Crippen LogP contribution in [0.2, 0.25) is 0 Å². The van der Waals surface area contributed by atoms with Crippen molar-refractivity contribution >= 4 is 11.4 Å². The zero-order valence-electron chi connectivity index (χ0n) is 12.0. The SMILES string of the molecule is CCC1CCCN(Cc2cc([N+](=O)[O-])ccc2N)CC1. The molecule has 0 radical (unpaired) electrons. The summed E-state index contributed by atoms with van der Waals surface area (Å²) in [6.45, 7) is 5.07. The van der Waals surface area contributed by atoms with Crippen LogP contribution in [0, 0.1) is 16.0 Å². The van der Waals surface area contributed by atoms with Gasteiger partial charge in [0.1, 0.15) is 0 Å². The van der Waals surface area contributed by atoms with Gasteiger partial charge in [-0.1, -0.05) is 13.3 Å². The van der Waals surface area contributed by atoms with E-state index in [2.05, 4.69) is 11.8 Å². The molecule has 110 valence electrons. The lowest BCUT2D eigenvalue weighted by Crippen LogP contribution is -2.24. The van der Waals surface area contributed by atoms with E-state index in [-0.39, 0.29) is 10.6 Å². The van der Waals surface area contributed by atoms with E-state index in [4.69, 9.17) is 5.73 Å². The fourth-order valence-electron chi connectivity index (χ4n) is 2.87. The highest BCUT2D eigenvalue weighted by Gasteiger charge is 2.17. The molecule has 0 aromatic heterocycles. The molecule has 1 heterocycles. The molecule has 5 heteroatoms. The number of hydrogen-bond donors (Lipinski definition) is 1. The third-order valence-corrected chi connectivity index (χ3v) is 4.25. The molecule has 1 atom stereocenters. The van der Waals surface area contributed by atoms with E-state index in [1.807, 2.05) is 0 Å². The molecule has 1 saturated heterocycles. The van der Waals surface area contributed by atoms with Crippen LogP contribution in [0.4, 0.5) is 11.4 Å². The minimum absolute atomic E-state index is 0.121. The van der Waals surface area contributed by atoms with Gasteiger partial charge in [0.05, 0.1) is 4.92 Å². The summed E-state index contributed by atoms with van der Waals surface area (Å²) < 4.78 is 0. The van der Waals surface area contributed by atoms with E-state index in [1.54, 1.807) is 12.1 Å². The smallest absolute Gasteiger partial charge is 0.269 e. The minimum atomic E-state index is -0.363. The Hall–Kier alpha value is -1.62. The van der Waals surface area contributed by atoms with E-state index < -0.39 is 0 Å². The van der Waals surface area contributed by atoms with Crippen molar-refractivity contribution in [2.75, 3.05) is 18.8 Å². The number of anilines is 1. The summed E-state index contributed by atoms with van der Waals surface area (Å²) in [5, 5.41) is 10.8. The average molecular weight is 277 g/mol. The monoisotopic (exact) mass is 277 g/mol. The van der Waals surface area contributed by atoms with E-state index in [9.17, 15) is 10.1 Å². The zero-order chi connectivity index (χ0) is 14.5. The number of nitrogens with two attached hydrogens (primary N) is 1. The number of rotatable bonds is 4. The summed E-state index contributed by atoms with van der Waals surface area (Å²) in [6, 6.07) is 4.71. The maximum absolute atomic E-state index is 10.8. The lowest BCUT2D eigenvalue weighted by Gasteiger charge is -2.21. The fraction of sp³-hybridized carbons (Fsp3) is 0.600. The van der Waals surface area contributed by atoms with Gasteiger partial charge in [0, 0.05) is 24.4 Å². The Balaban J connectivity index is 2.05. The highest BCUT2D eigenvalue weighted by molar-refractivity contribution is 5.52. The van der Waals surface area contributed by atoms with Gasteiger partial charge in [-0.05, 0) is 49.9 Å². The molecule has 0 amide bonds. The van der Waals surface area contributed by atoms with Crippen molar-refractivity contribution in [3.8, 4) is 0 Å². The molecule has 1 fully saturated rings. The Kier molecular flexibility index (Phi) is 4.95. The van der Waals surface area contributed by atoms with Gasteiger partial charge in [0.25, 0.3) is 5.69 Å². The molecule has 1 aliphatic rings. The first-order valence-corrected chi connectivity index (χ1v) is 7.35. The van der Waals surface area contributed by atoms with E-state index in [0.29, 0.717) is 12.2 Å². The van der Waals surface area contributed by atoms with Crippen LogP contribution >= 0.6 is 0 Å². The molecule has 1 aromatic rings. The normalized spacial score (nSPS) is 20.6. The van der Waals surface area contributed by atoms with E-state index in [0.717, 1.165) is 24.6 Å². The molecule has 0 saturated carbocycles. The molecule has 5 nitrogen and oxygen atoms in total. The number of nitrogen functional groups attached to an aromatic ring is 1. The second kappa shape index (κ2) is 6.70. The predicted molar refractivity (Wildman–Crippen MR) is 80.4 cm³/mol. The summed E-state index contributed by atoms with van der Waals surface area (Å²) in [4.78, 5) is 12.8. The van der Waals surface area contributed by atoms with Crippen LogP contribution in [-0.4, -0.2) is 22.9 Å². The van der Waals surface area contributed by atoms with Crippen LogP contribution in [0.3, 0.4) is 0 Å². The Morgan fingerprint density at radius 2 is 2.20 bits per heavy atom. The van der Waals surface area contributed by atoms with Crippen molar-refractivity contribution in [3.05, 3.63) is 33.9 Å². The minimum Gasteiger partial charge on any atom is -0.398 e. The second-order valence-corrected chi connectivity index (χ2v) is 5.62. The van der Waals surface area contributed by atoms with Crippen molar-refractivity contribution in [1.29, 1.82) is 0 Å². The summed E-state index contributed by atoms with van der Waals surface area (Å²) in [5.41, 5.74) is 7.59. The van der Waals surface area contributed by atoms with Crippen LogP contribution in [0.1, 0.15) is 38.2 Å². The van der Waals surface area contributed by atoms with E-state index >= 15 is 0 Å². The molecule has 0 bridgehead atoms. The molecule has 2 N–H and O–H groups in total. The Bertz CT molecular complexity index is 476. The van der Waals surface area contributed by atoms with Crippen LogP contribution in [0.25, 0.3) is 0 Å². The van der Waals surface area contributed by atoms with Crippen molar-refractivity contribution in [2.24, 2.45) is 5.92 Å². The third kappa shape index (κ3) is 3.70. The van der Waals surface area contributed by atoms with Gasteiger partial charge in [-0.3, -0.25) is 15.0 Å². The summed E-state index contributed by atoms with van der Waals surface area (Å²) in [6.07, 6.45) is 4.95. The number of nitrogens with zero attached hydrogens (tertiary/aromatic N) is 2. The average Bonchev–Trinajstić information content (AvgIpc) is 2.66. The summed E-state index contributed by atoms with van der Waals surface area (Å²) in [7, 11) is 0. The first kappa shape index (κ1) is 14.8. The summed E-state index contributed by atoms with van der Waals surface area (Å²) in [5.74, 6) is 0.822. The highest BCUT2D eigenvalue weighted by Crippen LogP contribution is 2.24. The largest absolute Gasteiger partial charge is 0.398 e. The predicted octanol–water partition coefficient (Wildman–Crippen LogP) is 3.19. The number of nitro benzene ring substituents is 1. The Morgan fingerprint density at radius 3 is 2.90 bits per heavy atom. The molecular formula is C15H23N3O2. The lowest BCUT2D eigenvalue weighted by atomic mass is 9.98. The molecular weight excluding hydrogens is 254 g/mol. The van der Waals surface area contributed by atoms with Gasteiger partial charge in [-0.2, -0.15) is 0 Å². The van der Waals surface area contributed by atoms with Crippen molar-refractivity contribution in [2.45, 2.75) is 39.2 Å². The molecule has 0 aliphatic carbocycles. The maximum atomic E-state index is 10.8. The number of likely N-dealkylation sites (tertiary alicyclic amines) is 1. The van der Waals surface area contributed by atoms with Crippen LogP contribution in [0.5, 0.6) is 0 Å². The lowest BCUT2D eigenvalue weighted by molar-refractivity contribution is -0.384. The number of benzene rings is 1. The first-order chi connectivity index (χ1) is 9.60. The third-order valence-electron chi connectivity index (χ3n) is 4.25. The van der Waals surface area contributed by atoms with E-state index in [1.165, 1.54) is 31.7 Å². The molecule has 0 spiro atoms. The van der Waals surface area contributed by atoms with Gasteiger partial charge in [-0.25, -0.2) is 0 Å². The maximum Gasteiger partial charge on any atom is 0.269 e. The fourth-order valence-corrected chi connectivity index (χ4v) is 2.87. The molecule has 20 heavy (non-hydrogen) atoms. The Labute approximate surface area is 119 Å². The second-order valence-electron chi connectivity index (χ2n) is 5.62. The van der Waals surface area contributed by atoms with Crippen molar-refractivity contribution in [3.63, 3.8) is 0 Å². The number of nitro groups is 1. The van der Waals surface area contributed by atoms with Crippen molar-refractivity contribution in [1.82, 2.24) is 4.90 Å². The van der Waals surface area contributed by atoms with Gasteiger partial charge in [0.15, 0.2) is 0 Å². The molecule has 2 rings (SSSR count). The summed E-state index contributed by atoms with van der Waals surface area (Å²) >= 11 is 0. The first-order valence-electron chi connectivity index (χ1n) is 7.35. The standard InChI is InChI=1S/C15H23N3O2/c1-2-12-4-3-8-17(9-7-12)11-13-10-14(18(19)20)5-6-15(13)16/h5-6,10,12H,2-4,7-9,11,16H2,1H3. The van der Waals surface area contributed by atoms with Crippen LogP contribution in [-0.2, 0) is 6.54 Å². The number of hydrogen-bond acceptors (Lipinski definition) is 4. The molecule has 1 unspecified atom stereocenters. The molecule has 1 aliphatic heterocycles. The van der Waals surface area contributed by atoms with Crippen LogP contribution < -0.4 is 5.73 Å². The van der Waals surface area contributed by atoms with Gasteiger partial charge in [-0.15, -0.1) is 0 Å². The van der Waals surface area contributed by atoms with Gasteiger partial charge in [0.2, 0.25) is 0 Å². The quantitative estimate of drug-likeness (QED) is 0.521. The topological polar surface area (TPSA) is 72.4 Å². The highest BCUT2D eigenvalue weighted by atomic mass is 16.6. The van der Waals surface area contributed by atoms with Gasteiger partial charge >= 0.3 is 0 Å². The van der Waals surface area contributed by atoms with Crippen LogP contribution in [0.15, 0.2) is 18.2 Å². The number of non-ortho nitro benzene ring substituents is 1. The van der Waals surface area contributed by atoms with Gasteiger partial charge < -0.3 is 5.73 Å².